The van der Waals surface area contributed by atoms with Crippen molar-refractivity contribution < 1.29 is 18.6 Å². The molecular weight excluding hydrogens is 344 g/mol. The molecule has 5 heteroatoms. The Balaban J connectivity index is 1.72. The van der Waals surface area contributed by atoms with E-state index in [4.69, 9.17) is 18.6 Å². The van der Waals surface area contributed by atoms with Gasteiger partial charge in [-0.2, -0.15) is 0 Å². The first-order chi connectivity index (χ1) is 13.2. The Labute approximate surface area is 157 Å². The highest BCUT2D eigenvalue weighted by Gasteiger charge is 2.04. The van der Waals surface area contributed by atoms with Gasteiger partial charge in [0.15, 0.2) is 0 Å². The Hall–Kier alpha value is -3.47. The van der Waals surface area contributed by atoms with Gasteiger partial charge in [0.25, 0.3) is 0 Å². The zero-order chi connectivity index (χ0) is 19.1. The molecule has 0 spiro atoms. The molecule has 0 amide bonds. The fourth-order valence-corrected chi connectivity index (χ4v) is 2.45. The Morgan fingerprint density at radius 1 is 0.926 bits per heavy atom. The molecule has 0 aliphatic carbocycles. The Bertz CT molecular complexity index is 951. The van der Waals surface area contributed by atoms with E-state index in [0.29, 0.717) is 23.9 Å². The van der Waals surface area contributed by atoms with Crippen molar-refractivity contribution in [3.05, 3.63) is 88.0 Å². The van der Waals surface area contributed by atoms with Crippen LogP contribution in [0.5, 0.6) is 17.2 Å². The minimum Gasteiger partial charge on any atom is -0.497 e. The van der Waals surface area contributed by atoms with Gasteiger partial charge in [-0.05, 0) is 29.3 Å². The molecule has 0 bridgehead atoms. The van der Waals surface area contributed by atoms with E-state index in [1.165, 1.54) is 12.3 Å². The first-order valence-electron chi connectivity index (χ1n) is 8.38. The van der Waals surface area contributed by atoms with Crippen molar-refractivity contribution >= 4 is 12.2 Å². The van der Waals surface area contributed by atoms with E-state index in [1.807, 2.05) is 48.5 Å². The van der Waals surface area contributed by atoms with Crippen molar-refractivity contribution in [1.82, 2.24) is 0 Å². The molecule has 0 unspecified atom stereocenters. The summed E-state index contributed by atoms with van der Waals surface area (Å²) < 4.78 is 21.5. The lowest BCUT2D eigenvalue weighted by atomic mass is 10.1. The molecular formula is C22H20O5. The molecule has 2 aromatic carbocycles. The maximum Gasteiger partial charge on any atom is 0.227 e. The van der Waals surface area contributed by atoms with E-state index in [-0.39, 0.29) is 11.2 Å². The fourth-order valence-electron chi connectivity index (χ4n) is 2.45. The largest absolute Gasteiger partial charge is 0.497 e. The van der Waals surface area contributed by atoms with Gasteiger partial charge in [-0.3, -0.25) is 4.79 Å². The molecule has 3 aromatic rings. The van der Waals surface area contributed by atoms with E-state index in [1.54, 1.807) is 26.4 Å². The summed E-state index contributed by atoms with van der Waals surface area (Å²) in [6, 6.07) is 16.5. The maximum atomic E-state index is 12.2. The number of ether oxygens (including phenoxy) is 3. The predicted molar refractivity (Wildman–Crippen MR) is 104 cm³/mol. The molecule has 3 rings (SSSR count). The highest BCUT2D eigenvalue weighted by Crippen LogP contribution is 2.24. The summed E-state index contributed by atoms with van der Waals surface area (Å²) in [5, 5.41) is 0. The Morgan fingerprint density at radius 2 is 1.63 bits per heavy atom. The summed E-state index contributed by atoms with van der Waals surface area (Å²) in [5.41, 5.74) is 1.60. The molecule has 0 fully saturated rings. The van der Waals surface area contributed by atoms with Gasteiger partial charge in [-0.15, -0.1) is 0 Å². The van der Waals surface area contributed by atoms with E-state index < -0.39 is 0 Å². The second-order valence-corrected chi connectivity index (χ2v) is 5.76. The minimum atomic E-state index is -0.236. The second-order valence-electron chi connectivity index (χ2n) is 5.76. The fraction of sp³-hybridized carbons (Fsp3) is 0.136. The smallest absolute Gasteiger partial charge is 0.227 e. The van der Waals surface area contributed by atoms with E-state index in [9.17, 15) is 4.79 Å². The summed E-state index contributed by atoms with van der Waals surface area (Å²) in [4.78, 5) is 12.2. The van der Waals surface area contributed by atoms with Gasteiger partial charge in [0.2, 0.25) is 11.2 Å². The van der Waals surface area contributed by atoms with Gasteiger partial charge < -0.3 is 18.6 Å². The molecule has 1 aromatic heterocycles. The monoisotopic (exact) mass is 364 g/mol. The van der Waals surface area contributed by atoms with Gasteiger partial charge in [0, 0.05) is 12.1 Å². The van der Waals surface area contributed by atoms with Crippen molar-refractivity contribution in [3.8, 4) is 17.2 Å². The molecule has 0 atom stereocenters. The van der Waals surface area contributed by atoms with Crippen LogP contribution in [0.1, 0.15) is 16.9 Å². The van der Waals surface area contributed by atoms with E-state index in [0.717, 1.165) is 11.1 Å². The lowest BCUT2D eigenvalue weighted by Crippen LogP contribution is -2.07. The standard InChI is InChI=1S/C22H20O5/c1-24-19-10-17(11-20(12-19)25-2)8-9-18-13-21(23)22(15-26-18)27-14-16-6-4-3-5-7-16/h3-13,15H,14H2,1-2H3/b9-8+. The Kier molecular flexibility index (Phi) is 5.94. The van der Waals surface area contributed by atoms with Crippen LogP contribution in [0.15, 0.2) is 70.1 Å². The number of methoxy groups -OCH3 is 2. The lowest BCUT2D eigenvalue weighted by Gasteiger charge is -2.06. The third kappa shape index (κ3) is 5.01. The van der Waals surface area contributed by atoms with Gasteiger partial charge in [-0.25, -0.2) is 0 Å². The summed E-state index contributed by atoms with van der Waals surface area (Å²) in [5.74, 6) is 1.97. The first kappa shape index (κ1) is 18.3. The summed E-state index contributed by atoms with van der Waals surface area (Å²) in [6.07, 6.45) is 4.85. The van der Waals surface area contributed by atoms with Crippen LogP contribution in [-0.2, 0) is 6.61 Å². The summed E-state index contributed by atoms with van der Waals surface area (Å²) in [7, 11) is 3.19. The quantitative estimate of drug-likeness (QED) is 0.622. The van der Waals surface area contributed by atoms with Gasteiger partial charge >= 0.3 is 0 Å². The highest BCUT2D eigenvalue weighted by molar-refractivity contribution is 5.69. The van der Waals surface area contributed by atoms with Gasteiger partial charge in [0.1, 0.15) is 30.1 Å². The minimum absolute atomic E-state index is 0.180. The molecule has 27 heavy (non-hydrogen) atoms. The van der Waals surface area contributed by atoms with Crippen LogP contribution < -0.4 is 19.6 Å². The zero-order valence-electron chi connectivity index (χ0n) is 15.2. The third-order valence-corrected chi connectivity index (χ3v) is 3.87. The van der Waals surface area contributed by atoms with Crippen molar-refractivity contribution in [2.75, 3.05) is 14.2 Å². The third-order valence-electron chi connectivity index (χ3n) is 3.87. The molecule has 138 valence electrons. The van der Waals surface area contributed by atoms with Crippen LogP contribution in [0.2, 0.25) is 0 Å². The SMILES string of the molecule is COc1cc(/C=C/c2cc(=O)c(OCc3ccccc3)co2)cc(OC)c1. The van der Waals surface area contributed by atoms with Crippen molar-refractivity contribution in [3.63, 3.8) is 0 Å². The molecule has 0 radical (unpaired) electrons. The average molecular weight is 364 g/mol. The molecule has 0 aliphatic heterocycles. The molecule has 5 nitrogen and oxygen atoms in total. The lowest BCUT2D eigenvalue weighted by molar-refractivity contribution is 0.291. The van der Waals surface area contributed by atoms with E-state index in [2.05, 4.69) is 0 Å². The first-order valence-corrected chi connectivity index (χ1v) is 8.38. The summed E-state index contributed by atoms with van der Waals surface area (Å²) >= 11 is 0. The van der Waals surface area contributed by atoms with Crippen LogP contribution in [0.3, 0.4) is 0 Å². The molecule has 0 saturated heterocycles. The molecule has 0 aliphatic rings. The number of benzene rings is 2. The number of hydrogen-bond acceptors (Lipinski definition) is 5. The van der Waals surface area contributed by atoms with E-state index >= 15 is 0 Å². The highest BCUT2D eigenvalue weighted by atomic mass is 16.5. The van der Waals surface area contributed by atoms with Crippen LogP contribution in [0.4, 0.5) is 0 Å². The molecule has 1 heterocycles. The van der Waals surface area contributed by atoms with Crippen molar-refractivity contribution in [1.29, 1.82) is 0 Å². The van der Waals surface area contributed by atoms with Crippen LogP contribution >= 0.6 is 0 Å². The number of hydrogen-bond donors (Lipinski definition) is 0. The predicted octanol–water partition coefficient (Wildman–Crippen LogP) is 4.41. The topological polar surface area (TPSA) is 57.9 Å². The Morgan fingerprint density at radius 3 is 2.26 bits per heavy atom. The average Bonchev–Trinajstić information content (AvgIpc) is 2.72. The normalized spacial score (nSPS) is 10.7. The molecule has 0 saturated carbocycles. The zero-order valence-corrected chi connectivity index (χ0v) is 15.2. The van der Waals surface area contributed by atoms with Crippen LogP contribution in [0, 0.1) is 0 Å². The molecule has 0 N–H and O–H groups in total. The van der Waals surface area contributed by atoms with Gasteiger partial charge in [-0.1, -0.05) is 36.4 Å². The second kappa shape index (κ2) is 8.76. The summed E-state index contributed by atoms with van der Waals surface area (Å²) in [6.45, 7) is 0.310. The number of rotatable bonds is 7. The van der Waals surface area contributed by atoms with Crippen LogP contribution in [0.25, 0.3) is 12.2 Å². The van der Waals surface area contributed by atoms with Crippen molar-refractivity contribution in [2.45, 2.75) is 6.61 Å². The van der Waals surface area contributed by atoms with Gasteiger partial charge in [0.05, 0.1) is 14.2 Å². The maximum absolute atomic E-state index is 12.2. The van der Waals surface area contributed by atoms with Crippen molar-refractivity contribution in [2.24, 2.45) is 0 Å². The van der Waals surface area contributed by atoms with Crippen LogP contribution in [-0.4, -0.2) is 14.2 Å².